The van der Waals surface area contributed by atoms with Gasteiger partial charge in [-0.15, -0.1) is 0 Å². The summed E-state index contributed by atoms with van der Waals surface area (Å²) in [5.41, 5.74) is 3.63. The highest BCUT2D eigenvalue weighted by Crippen LogP contribution is 2.33. The molecule has 0 amide bonds. The third-order valence-electron chi connectivity index (χ3n) is 4.00. The van der Waals surface area contributed by atoms with Crippen LogP contribution in [-0.2, 0) is 0 Å². The van der Waals surface area contributed by atoms with Gasteiger partial charge in [0.1, 0.15) is 17.7 Å². The maximum Gasteiger partial charge on any atom is 0.270 e. The number of hydrazone groups is 1. The van der Waals surface area contributed by atoms with Crippen molar-refractivity contribution in [2.24, 2.45) is 5.10 Å². The van der Waals surface area contributed by atoms with Gasteiger partial charge in [0.25, 0.3) is 5.56 Å². The first-order valence-corrected chi connectivity index (χ1v) is 9.91. The summed E-state index contributed by atoms with van der Waals surface area (Å²) in [6.07, 6.45) is 1.51. The first-order valence-electron chi connectivity index (χ1n) is 8.83. The maximum absolute atomic E-state index is 12.3. The number of nitriles is 2. The number of aromatic nitrogens is 2. The number of anilines is 1. The minimum absolute atomic E-state index is 0.0759. The molecule has 154 valence electrons. The smallest absolute Gasteiger partial charge is 0.270 e. The van der Waals surface area contributed by atoms with Crippen molar-refractivity contribution in [1.29, 1.82) is 10.5 Å². The molecule has 0 atom stereocenters. The molecule has 0 fully saturated rings. The van der Waals surface area contributed by atoms with E-state index in [4.69, 9.17) is 14.7 Å². The van der Waals surface area contributed by atoms with E-state index in [2.05, 4.69) is 43.1 Å². The van der Waals surface area contributed by atoms with Crippen LogP contribution >= 0.6 is 22.6 Å². The molecule has 0 bridgehead atoms. The van der Waals surface area contributed by atoms with Gasteiger partial charge in [-0.2, -0.15) is 15.6 Å². The molecule has 1 heterocycles. The molecule has 2 N–H and O–H groups in total. The molecule has 9 nitrogen and oxygen atoms in total. The van der Waals surface area contributed by atoms with Crippen LogP contribution in [0.4, 0.5) is 5.95 Å². The zero-order chi connectivity index (χ0) is 22.2. The molecule has 0 aliphatic carbocycles. The summed E-state index contributed by atoms with van der Waals surface area (Å²) in [6.45, 7) is -0.0944. The average molecular weight is 526 g/mol. The van der Waals surface area contributed by atoms with Crippen molar-refractivity contribution in [3.63, 3.8) is 0 Å². The number of methoxy groups -OCH3 is 1. The molecule has 3 aromatic rings. The third-order valence-corrected chi connectivity index (χ3v) is 4.80. The Hall–Kier alpha value is -3.90. The van der Waals surface area contributed by atoms with Gasteiger partial charge in [0.2, 0.25) is 5.95 Å². The lowest BCUT2D eigenvalue weighted by molar-refractivity contribution is 0.327. The fraction of sp³-hybridized carbons (Fsp3) is 0.0952. The van der Waals surface area contributed by atoms with Crippen LogP contribution in [0.3, 0.4) is 0 Å². The van der Waals surface area contributed by atoms with Crippen LogP contribution in [0.5, 0.6) is 11.5 Å². The molecule has 0 aliphatic heterocycles. The Morgan fingerprint density at radius 2 is 2.06 bits per heavy atom. The molecule has 1 aromatic heterocycles. The lowest BCUT2D eigenvalue weighted by Crippen LogP contribution is -2.16. The minimum atomic E-state index is -0.565. The number of benzene rings is 2. The van der Waals surface area contributed by atoms with E-state index in [9.17, 15) is 10.1 Å². The molecule has 31 heavy (non-hydrogen) atoms. The Morgan fingerprint density at radius 3 is 2.74 bits per heavy atom. The highest BCUT2D eigenvalue weighted by molar-refractivity contribution is 14.1. The van der Waals surface area contributed by atoms with Crippen molar-refractivity contribution < 1.29 is 9.47 Å². The number of rotatable bonds is 7. The second kappa shape index (κ2) is 10.2. The summed E-state index contributed by atoms with van der Waals surface area (Å²) < 4.78 is 11.5. The van der Waals surface area contributed by atoms with E-state index >= 15 is 0 Å². The van der Waals surface area contributed by atoms with Gasteiger partial charge in [-0.05, 0) is 40.3 Å². The number of aromatic amines is 1. The summed E-state index contributed by atoms with van der Waals surface area (Å²) in [7, 11) is 1.50. The lowest BCUT2D eigenvalue weighted by Gasteiger charge is -2.11. The zero-order valence-electron chi connectivity index (χ0n) is 16.2. The minimum Gasteiger partial charge on any atom is -0.493 e. The summed E-state index contributed by atoms with van der Waals surface area (Å²) in [6, 6.07) is 16.3. The number of ether oxygens (including phenoxy) is 2. The predicted octanol–water partition coefficient (Wildman–Crippen LogP) is 3.27. The topological polar surface area (TPSA) is 136 Å². The average Bonchev–Trinajstić information content (AvgIpc) is 2.78. The molecule has 0 unspecified atom stereocenters. The molecule has 0 saturated carbocycles. The first kappa shape index (κ1) is 21.8. The Balaban J connectivity index is 1.87. The van der Waals surface area contributed by atoms with Gasteiger partial charge in [0, 0.05) is 5.56 Å². The summed E-state index contributed by atoms with van der Waals surface area (Å²) in [5, 5.41) is 22.1. The molecular weight excluding hydrogens is 511 g/mol. The molecule has 0 saturated heterocycles. The Labute approximate surface area is 191 Å². The summed E-state index contributed by atoms with van der Waals surface area (Å²) in [4.78, 5) is 19.1. The van der Waals surface area contributed by atoms with E-state index in [1.807, 2.05) is 18.2 Å². The summed E-state index contributed by atoms with van der Waals surface area (Å²) in [5.74, 6) is 1.02. The molecule has 2 aromatic carbocycles. The normalized spacial score (nSPS) is 10.3. The van der Waals surface area contributed by atoms with Gasteiger partial charge in [-0.3, -0.25) is 9.78 Å². The zero-order valence-corrected chi connectivity index (χ0v) is 18.4. The van der Waals surface area contributed by atoms with Gasteiger partial charge >= 0.3 is 0 Å². The van der Waals surface area contributed by atoms with Crippen LogP contribution in [0.15, 0.2) is 52.4 Å². The van der Waals surface area contributed by atoms with Crippen molar-refractivity contribution in [1.82, 2.24) is 9.97 Å². The van der Waals surface area contributed by atoms with Gasteiger partial charge < -0.3 is 9.47 Å². The monoisotopic (exact) mass is 526 g/mol. The number of halogens is 1. The highest BCUT2D eigenvalue weighted by Gasteiger charge is 2.13. The largest absolute Gasteiger partial charge is 0.493 e. The number of nitrogens with one attached hydrogen (secondary N) is 2. The fourth-order valence-electron chi connectivity index (χ4n) is 2.66. The molecule has 0 spiro atoms. The van der Waals surface area contributed by atoms with Gasteiger partial charge in [-0.1, -0.05) is 30.3 Å². The van der Waals surface area contributed by atoms with E-state index < -0.39 is 5.56 Å². The SMILES string of the molecule is COc1cc(C=NNc2nc(-c3ccccc3)c(C#N)c(=O)[nH]2)cc(I)c1OCC#N. The maximum atomic E-state index is 12.3. The quantitative estimate of drug-likeness (QED) is 0.274. The molecular formula is C21H15IN6O3. The molecule has 3 rings (SSSR count). The van der Waals surface area contributed by atoms with Crippen molar-refractivity contribution >= 4 is 34.8 Å². The second-order valence-electron chi connectivity index (χ2n) is 5.97. The first-order chi connectivity index (χ1) is 15.1. The molecule has 0 aliphatic rings. The van der Waals surface area contributed by atoms with E-state index in [-0.39, 0.29) is 23.8 Å². The standard InChI is InChI=1S/C21H15IN6O3/c1-30-17-10-13(9-16(22)19(17)31-8-7-23)12-25-28-21-26-18(14-5-3-2-4-6-14)15(11-24)20(29)27-21/h2-6,9-10,12H,8H2,1H3,(H2,26,27,28,29). The van der Waals surface area contributed by atoms with Crippen molar-refractivity contribution in [2.75, 3.05) is 19.1 Å². The van der Waals surface area contributed by atoms with Crippen LogP contribution in [0.2, 0.25) is 0 Å². The number of nitrogens with zero attached hydrogens (tertiary/aromatic N) is 4. The van der Waals surface area contributed by atoms with E-state index in [0.29, 0.717) is 22.6 Å². The van der Waals surface area contributed by atoms with Gasteiger partial charge in [0.05, 0.1) is 22.6 Å². The Kier molecular flexibility index (Phi) is 7.19. The van der Waals surface area contributed by atoms with E-state index in [0.717, 1.165) is 3.57 Å². The number of hydrogen-bond donors (Lipinski definition) is 2. The van der Waals surface area contributed by atoms with E-state index in [1.54, 1.807) is 36.4 Å². The molecule has 10 heteroatoms. The van der Waals surface area contributed by atoms with E-state index in [1.165, 1.54) is 13.3 Å². The van der Waals surface area contributed by atoms with Crippen molar-refractivity contribution in [3.8, 4) is 34.9 Å². The van der Waals surface area contributed by atoms with Crippen molar-refractivity contribution in [2.45, 2.75) is 0 Å². The Bertz CT molecular complexity index is 1260. The highest BCUT2D eigenvalue weighted by atomic mass is 127. The van der Waals surface area contributed by atoms with Crippen molar-refractivity contribution in [3.05, 3.63) is 67.5 Å². The van der Waals surface area contributed by atoms with Gasteiger partial charge in [-0.25, -0.2) is 10.4 Å². The van der Waals surface area contributed by atoms with Crippen LogP contribution < -0.4 is 20.5 Å². The lowest BCUT2D eigenvalue weighted by atomic mass is 10.1. The van der Waals surface area contributed by atoms with Crippen LogP contribution in [0, 0.1) is 26.2 Å². The number of H-pyrrole nitrogens is 1. The fourth-order valence-corrected chi connectivity index (χ4v) is 3.44. The second-order valence-corrected chi connectivity index (χ2v) is 7.13. The third kappa shape index (κ3) is 5.18. The van der Waals surface area contributed by atoms with Crippen LogP contribution in [0.1, 0.15) is 11.1 Å². The van der Waals surface area contributed by atoms with Crippen LogP contribution in [0.25, 0.3) is 11.3 Å². The van der Waals surface area contributed by atoms with Crippen LogP contribution in [-0.4, -0.2) is 29.9 Å². The molecule has 0 radical (unpaired) electrons. The predicted molar refractivity (Wildman–Crippen MR) is 123 cm³/mol. The summed E-state index contributed by atoms with van der Waals surface area (Å²) >= 11 is 2.07. The number of hydrogen-bond acceptors (Lipinski definition) is 8. The Morgan fingerprint density at radius 1 is 1.29 bits per heavy atom. The van der Waals surface area contributed by atoms with Gasteiger partial charge in [0.15, 0.2) is 18.1 Å².